The van der Waals surface area contributed by atoms with E-state index in [-0.39, 0.29) is 17.6 Å². The molecule has 4 rings (SSSR count). The zero-order valence-corrected chi connectivity index (χ0v) is 20.4. The number of nitrogens with one attached hydrogen (secondary N) is 1. The van der Waals surface area contributed by atoms with Crippen molar-refractivity contribution >= 4 is 45.0 Å². The number of rotatable bonds is 7. The van der Waals surface area contributed by atoms with Crippen LogP contribution in [0.25, 0.3) is 0 Å². The van der Waals surface area contributed by atoms with Crippen molar-refractivity contribution in [1.82, 2.24) is 4.31 Å². The normalized spacial score (nSPS) is 15.3. The van der Waals surface area contributed by atoms with Gasteiger partial charge in [0.1, 0.15) is 0 Å². The third-order valence-corrected chi connectivity index (χ3v) is 8.78. The Hall–Kier alpha value is -2.32. The molecule has 1 fully saturated rings. The molecule has 1 saturated heterocycles. The number of amides is 1. The molecule has 0 aliphatic carbocycles. The second-order valence-corrected chi connectivity index (χ2v) is 11.5. The molecule has 0 atom stereocenters. The van der Waals surface area contributed by atoms with E-state index in [9.17, 15) is 13.2 Å². The number of para-hydroxylation sites is 1. The van der Waals surface area contributed by atoms with E-state index in [0.29, 0.717) is 36.5 Å². The molecule has 0 saturated carbocycles. The standard InChI is InChI=1S/C25H25ClN2O3S2/c26-21-12-10-19(11-13-21)18-33(30,31)28-16-14-20(15-17-28)25(29)27-23-8-4-5-9-24(23)32-22-6-2-1-3-7-22/h1-13,20H,14-18H2,(H,27,29). The molecule has 0 aromatic heterocycles. The summed E-state index contributed by atoms with van der Waals surface area (Å²) in [6, 6.07) is 24.6. The van der Waals surface area contributed by atoms with Gasteiger partial charge in [0.15, 0.2) is 0 Å². The number of carbonyl (C=O) groups is 1. The highest BCUT2D eigenvalue weighted by Gasteiger charge is 2.31. The maximum absolute atomic E-state index is 13.0. The van der Waals surface area contributed by atoms with Crippen LogP contribution in [0.3, 0.4) is 0 Å². The lowest BCUT2D eigenvalue weighted by Gasteiger charge is -2.30. The van der Waals surface area contributed by atoms with Crippen molar-refractivity contribution in [3.05, 3.63) is 89.4 Å². The Morgan fingerprint density at radius 3 is 2.27 bits per heavy atom. The van der Waals surface area contributed by atoms with E-state index in [1.807, 2.05) is 54.6 Å². The summed E-state index contributed by atoms with van der Waals surface area (Å²) < 4.78 is 27.1. The molecule has 1 N–H and O–H groups in total. The van der Waals surface area contributed by atoms with E-state index in [1.165, 1.54) is 4.31 Å². The molecule has 1 amide bonds. The first-order valence-corrected chi connectivity index (χ1v) is 13.6. The summed E-state index contributed by atoms with van der Waals surface area (Å²) in [4.78, 5) is 15.0. The van der Waals surface area contributed by atoms with Crippen molar-refractivity contribution in [2.75, 3.05) is 18.4 Å². The minimum atomic E-state index is -3.44. The summed E-state index contributed by atoms with van der Waals surface area (Å²) >= 11 is 7.48. The molecule has 1 aliphatic heterocycles. The fourth-order valence-electron chi connectivity index (χ4n) is 3.79. The molecular formula is C25H25ClN2O3S2. The lowest BCUT2D eigenvalue weighted by Crippen LogP contribution is -2.41. The molecule has 0 radical (unpaired) electrons. The molecule has 172 valence electrons. The van der Waals surface area contributed by atoms with Crippen LogP contribution in [0.2, 0.25) is 5.02 Å². The zero-order chi connectivity index (χ0) is 23.3. The number of hydrogen-bond donors (Lipinski definition) is 1. The smallest absolute Gasteiger partial charge is 0.227 e. The highest BCUT2D eigenvalue weighted by Crippen LogP contribution is 2.34. The van der Waals surface area contributed by atoms with Gasteiger partial charge in [-0.05, 0) is 54.8 Å². The molecule has 3 aromatic rings. The minimum Gasteiger partial charge on any atom is -0.325 e. The summed E-state index contributed by atoms with van der Waals surface area (Å²) in [5.41, 5.74) is 1.47. The van der Waals surface area contributed by atoms with Crippen LogP contribution in [0.5, 0.6) is 0 Å². The first kappa shape index (κ1) is 23.8. The Bertz CT molecular complexity index is 1190. The number of nitrogens with zero attached hydrogens (tertiary/aromatic N) is 1. The van der Waals surface area contributed by atoms with Crippen molar-refractivity contribution in [1.29, 1.82) is 0 Å². The molecule has 1 heterocycles. The predicted molar refractivity (Wildman–Crippen MR) is 134 cm³/mol. The number of halogens is 1. The zero-order valence-electron chi connectivity index (χ0n) is 18.0. The lowest BCUT2D eigenvalue weighted by atomic mass is 9.97. The summed E-state index contributed by atoms with van der Waals surface area (Å²) in [6.07, 6.45) is 0.999. The van der Waals surface area contributed by atoms with E-state index in [1.54, 1.807) is 36.0 Å². The molecule has 8 heteroatoms. The van der Waals surface area contributed by atoms with Gasteiger partial charge >= 0.3 is 0 Å². The van der Waals surface area contributed by atoms with Gasteiger partial charge in [-0.3, -0.25) is 4.79 Å². The molecular weight excluding hydrogens is 476 g/mol. The average molecular weight is 501 g/mol. The number of hydrogen-bond acceptors (Lipinski definition) is 4. The fourth-order valence-corrected chi connectivity index (χ4v) is 6.40. The van der Waals surface area contributed by atoms with Crippen LogP contribution in [0.1, 0.15) is 18.4 Å². The van der Waals surface area contributed by atoms with Crippen LogP contribution >= 0.6 is 23.4 Å². The number of anilines is 1. The Labute approximate surface area is 204 Å². The van der Waals surface area contributed by atoms with Gasteiger partial charge in [0.25, 0.3) is 0 Å². The van der Waals surface area contributed by atoms with Gasteiger partial charge in [-0.1, -0.05) is 65.8 Å². The molecule has 1 aliphatic rings. The highest BCUT2D eigenvalue weighted by molar-refractivity contribution is 7.99. The van der Waals surface area contributed by atoms with Gasteiger partial charge in [-0.15, -0.1) is 0 Å². The van der Waals surface area contributed by atoms with Gasteiger partial charge in [0.05, 0.1) is 11.4 Å². The monoisotopic (exact) mass is 500 g/mol. The minimum absolute atomic E-state index is 0.0640. The molecule has 33 heavy (non-hydrogen) atoms. The lowest BCUT2D eigenvalue weighted by molar-refractivity contribution is -0.120. The van der Waals surface area contributed by atoms with E-state index in [4.69, 9.17) is 11.6 Å². The van der Waals surface area contributed by atoms with Crippen molar-refractivity contribution < 1.29 is 13.2 Å². The Kier molecular flexibility index (Phi) is 7.75. The molecule has 0 spiro atoms. The Balaban J connectivity index is 1.35. The van der Waals surface area contributed by atoms with E-state index in [0.717, 1.165) is 15.5 Å². The number of carbonyl (C=O) groups excluding carboxylic acids is 1. The number of benzene rings is 3. The predicted octanol–water partition coefficient (Wildman–Crippen LogP) is 5.67. The maximum Gasteiger partial charge on any atom is 0.227 e. The van der Waals surface area contributed by atoms with E-state index >= 15 is 0 Å². The molecule has 0 bridgehead atoms. The van der Waals surface area contributed by atoms with Crippen molar-refractivity contribution in [3.63, 3.8) is 0 Å². The van der Waals surface area contributed by atoms with E-state index in [2.05, 4.69) is 5.32 Å². The van der Waals surface area contributed by atoms with Crippen LogP contribution in [-0.4, -0.2) is 31.7 Å². The second kappa shape index (κ2) is 10.7. The maximum atomic E-state index is 13.0. The molecule has 0 unspecified atom stereocenters. The van der Waals surface area contributed by atoms with Gasteiger partial charge in [0.2, 0.25) is 15.9 Å². The average Bonchev–Trinajstić information content (AvgIpc) is 2.82. The summed E-state index contributed by atoms with van der Waals surface area (Å²) in [5.74, 6) is -0.349. The van der Waals surface area contributed by atoms with Crippen LogP contribution in [0.15, 0.2) is 88.7 Å². The third kappa shape index (κ3) is 6.38. The van der Waals surface area contributed by atoms with Gasteiger partial charge in [-0.25, -0.2) is 12.7 Å². The quantitative estimate of drug-likeness (QED) is 0.453. The van der Waals surface area contributed by atoms with Gasteiger partial charge < -0.3 is 5.32 Å². The Morgan fingerprint density at radius 2 is 1.58 bits per heavy atom. The van der Waals surface area contributed by atoms with Crippen molar-refractivity contribution in [3.8, 4) is 0 Å². The number of sulfonamides is 1. The molecule has 3 aromatic carbocycles. The van der Waals surface area contributed by atoms with Crippen molar-refractivity contribution in [2.24, 2.45) is 5.92 Å². The fraction of sp³-hybridized carbons (Fsp3) is 0.240. The first-order valence-electron chi connectivity index (χ1n) is 10.8. The van der Waals surface area contributed by atoms with Gasteiger partial charge in [-0.2, -0.15) is 0 Å². The third-order valence-electron chi connectivity index (χ3n) is 5.60. The topological polar surface area (TPSA) is 66.5 Å². The van der Waals surface area contributed by atoms with Crippen LogP contribution in [-0.2, 0) is 20.6 Å². The first-order chi connectivity index (χ1) is 15.9. The van der Waals surface area contributed by atoms with E-state index < -0.39 is 10.0 Å². The van der Waals surface area contributed by atoms with Crippen LogP contribution in [0, 0.1) is 5.92 Å². The highest BCUT2D eigenvalue weighted by atomic mass is 35.5. The van der Waals surface area contributed by atoms with Gasteiger partial charge in [0, 0.05) is 33.8 Å². The summed E-state index contributed by atoms with van der Waals surface area (Å²) in [6.45, 7) is 0.683. The summed E-state index contributed by atoms with van der Waals surface area (Å²) in [7, 11) is -3.44. The largest absolute Gasteiger partial charge is 0.325 e. The van der Waals surface area contributed by atoms with Crippen LogP contribution < -0.4 is 5.32 Å². The van der Waals surface area contributed by atoms with Crippen molar-refractivity contribution in [2.45, 2.75) is 28.4 Å². The number of piperidine rings is 1. The molecule has 5 nitrogen and oxygen atoms in total. The SMILES string of the molecule is O=C(Nc1ccccc1Sc1ccccc1)C1CCN(S(=O)(=O)Cc2ccc(Cl)cc2)CC1. The summed E-state index contributed by atoms with van der Waals surface area (Å²) in [5, 5.41) is 3.63. The Morgan fingerprint density at radius 1 is 0.939 bits per heavy atom. The van der Waals surface area contributed by atoms with Crippen LogP contribution in [0.4, 0.5) is 5.69 Å². The second-order valence-electron chi connectivity index (χ2n) is 7.96.